The highest BCUT2D eigenvalue weighted by atomic mass is 16.5. The van der Waals surface area contributed by atoms with E-state index in [9.17, 15) is 9.59 Å². The number of allylic oxidation sites excluding steroid dienone is 5. The van der Waals surface area contributed by atoms with Crippen LogP contribution in [-0.4, -0.2) is 18.4 Å². The lowest BCUT2D eigenvalue weighted by Gasteiger charge is -2.21. The van der Waals surface area contributed by atoms with Crippen molar-refractivity contribution in [1.82, 2.24) is 0 Å². The Morgan fingerprint density at radius 2 is 2.29 bits per heavy atom. The van der Waals surface area contributed by atoms with E-state index in [1.807, 2.05) is 19.1 Å². The third-order valence-corrected chi connectivity index (χ3v) is 2.77. The van der Waals surface area contributed by atoms with Crippen LogP contribution in [0.1, 0.15) is 26.7 Å². The molecule has 0 radical (unpaired) electrons. The first-order valence-electron chi connectivity index (χ1n) is 5.84. The number of carbonyl (C=O) groups excluding carboxylic acids is 2. The van der Waals surface area contributed by atoms with Gasteiger partial charge < -0.3 is 4.74 Å². The molecule has 0 bridgehead atoms. The average Bonchev–Trinajstić information content (AvgIpc) is 2.30. The fourth-order valence-corrected chi connectivity index (χ4v) is 1.99. The Morgan fingerprint density at radius 1 is 1.59 bits per heavy atom. The normalized spacial score (nSPS) is 20.8. The zero-order chi connectivity index (χ0) is 12.8. The smallest absolute Gasteiger partial charge is 0.316 e. The molecule has 0 aromatic rings. The fraction of sp³-hybridized carbons (Fsp3) is 0.429. The molecule has 1 aliphatic carbocycles. The topological polar surface area (TPSA) is 43.4 Å². The van der Waals surface area contributed by atoms with E-state index in [0.29, 0.717) is 25.0 Å². The van der Waals surface area contributed by atoms with E-state index in [2.05, 4.69) is 6.58 Å². The van der Waals surface area contributed by atoms with Gasteiger partial charge in [-0.2, -0.15) is 0 Å². The van der Waals surface area contributed by atoms with Gasteiger partial charge in [-0.05, 0) is 32.3 Å². The summed E-state index contributed by atoms with van der Waals surface area (Å²) in [6, 6.07) is 0. The molecule has 0 spiro atoms. The molecule has 0 amide bonds. The number of carbonyl (C=O) groups is 2. The third kappa shape index (κ3) is 2.93. The Labute approximate surface area is 102 Å². The molecule has 0 saturated carbocycles. The van der Waals surface area contributed by atoms with Gasteiger partial charge in [0, 0.05) is 5.57 Å². The molecular weight excluding hydrogens is 216 g/mol. The van der Waals surface area contributed by atoms with Crippen LogP contribution in [0.3, 0.4) is 0 Å². The minimum absolute atomic E-state index is 0.169. The Balaban J connectivity index is 2.97. The maximum Gasteiger partial charge on any atom is 0.316 e. The average molecular weight is 234 g/mol. The summed E-state index contributed by atoms with van der Waals surface area (Å²) in [7, 11) is 0. The molecule has 0 aromatic carbocycles. The van der Waals surface area contributed by atoms with Gasteiger partial charge in [0.1, 0.15) is 5.92 Å². The zero-order valence-electron chi connectivity index (χ0n) is 10.4. The minimum atomic E-state index is -0.656. The SMILES string of the molecule is C=CC1=C(/C=C\C)CCC(C(=O)OCC)C1=O. The number of rotatable bonds is 4. The minimum Gasteiger partial charge on any atom is -0.465 e. The first kappa shape index (κ1) is 13.4. The quantitative estimate of drug-likeness (QED) is 0.554. The number of Topliss-reactive ketones (excluding diaryl/α,β-unsaturated/α-hetero) is 1. The molecule has 1 unspecified atom stereocenters. The summed E-state index contributed by atoms with van der Waals surface area (Å²) < 4.78 is 4.91. The Kier molecular flexibility index (Phi) is 4.88. The van der Waals surface area contributed by atoms with Crippen LogP contribution in [0.2, 0.25) is 0 Å². The fourth-order valence-electron chi connectivity index (χ4n) is 1.99. The highest BCUT2D eigenvalue weighted by Crippen LogP contribution is 2.28. The van der Waals surface area contributed by atoms with Gasteiger partial charge in [0.05, 0.1) is 6.61 Å². The van der Waals surface area contributed by atoms with E-state index < -0.39 is 11.9 Å². The Bertz CT molecular complexity index is 388. The molecule has 3 heteroatoms. The van der Waals surface area contributed by atoms with Gasteiger partial charge in [0.15, 0.2) is 5.78 Å². The van der Waals surface area contributed by atoms with Crippen molar-refractivity contribution in [2.24, 2.45) is 5.92 Å². The second kappa shape index (κ2) is 6.18. The van der Waals surface area contributed by atoms with Crippen molar-refractivity contribution in [2.75, 3.05) is 6.61 Å². The van der Waals surface area contributed by atoms with Crippen molar-refractivity contribution in [1.29, 1.82) is 0 Å². The summed E-state index contributed by atoms with van der Waals surface area (Å²) in [5.41, 5.74) is 1.50. The van der Waals surface area contributed by atoms with Crippen molar-refractivity contribution >= 4 is 11.8 Å². The highest BCUT2D eigenvalue weighted by Gasteiger charge is 2.33. The molecule has 0 aliphatic heterocycles. The van der Waals surface area contributed by atoms with Crippen LogP contribution in [0, 0.1) is 5.92 Å². The molecule has 0 aromatic heterocycles. The molecule has 3 nitrogen and oxygen atoms in total. The van der Waals surface area contributed by atoms with Gasteiger partial charge >= 0.3 is 5.97 Å². The number of ketones is 1. The lowest BCUT2D eigenvalue weighted by Crippen LogP contribution is -2.30. The largest absolute Gasteiger partial charge is 0.465 e. The van der Waals surface area contributed by atoms with Crippen LogP contribution in [0.4, 0.5) is 0 Å². The second-order valence-corrected chi connectivity index (χ2v) is 3.85. The summed E-state index contributed by atoms with van der Waals surface area (Å²) >= 11 is 0. The monoisotopic (exact) mass is 234 g/mol. The molecule has 0 heterocycles. The van der Waals surface area contributed by atoms with E-state index in [1.165, 1.54) is 6.08 Å². The van der Waals surface area contributed by atoms with E-state index in [4.69, 9.17) is 4.74 Å². The number of hydrogen-bond acceptors (Lipinski definition) is 3. The highest BCUT2D eigenvalue weighted by molar-refractivity contribution is 6.11. The van der Waals surface area contributed by atoms with E-state index in [0.717, 1.165) is 5.57 Å². The van der Waals surface area contributed by atoms with Crippen molar-refractivity contribution in [3.05, 3.63) is 36.0 Å². The molecule has 17 heavy (non-hydrogen) atoms. The molecule has 1 rings (SSSR count). The molecule has 0 fully saturated rings. The van der Waals surface area contributed by atoms with Gasteiger partial charge in [0.25, 0.3) is 0 Å². The lowest BCUT2D eigenvalue weighted by molar-refractivity contribution is -0.151. The first-order chi connectivity index (χ1) is 8.15. The Hall–Kier alpha value is -1.64. The van der Waals surface area contributed by atoms with Crippen LogP contribution in [0.15, 0.2) is 36.0 Å². The van der Waals surface area contributed by atoms with E-state index in [-0.39, 0.29) is 5.78 Å². The molecule has 92 valence electrons. The molecule has 1 aliphatic rings. The van der Waals surface area contributed by atoms with Crippen molar-refractivity contribution in [3.63, 3.8) is 0 Å². The number of esters is 1. The van der Waals surface area contributed by atoms with Gasteiger partial charge in [-0.1, -0.05) is 24.8 Å². The zero-order valence-corrected chi connectivity index (χ0v) is 10.4. The molecule has 0 N–H and O–H groups in total. The van der Waals surface area contributed by atoms with E-state index in [1.54, 1.807) is 6.92 Å². The summed E-state index contributed by atoms with van der Waals surface area (Å²) in [4.78, 5) is 23.7. The third-order valence-electron chi connectivity index (χ3n) is 2.77. The molecular formula is C14H18O3. The summed E-state index contributed by atoms with van der Waals surface area (Å²) in [6.07, 6.45) is 6.55. The van der Waals surface area contributed by atoms with Crippen LogP contribution in [-0.2, 0) is 14.3 Å². The van der Waals surface area contributed by atoms with Crippen LogP contribution < -0.4 is 0 Å². The van der Waals surface area contributed by atoms with Gasteiger partial charge in [-0.25, -0.2) is 0 Å². The predicted molar refractivity (Wildman–Crippen MR) is 66.4 cm³/mol. The van der Waals surface area contributed by atoms with E-state index >= 15 is 0 Å². The van der Waals surface area contributed by atoms with Crippen molar-refractivity contribution in [2.45, 2.75) is 26.7 Å². The lowest BCUT2D eigenvalue weighted by atomic mass is 9.82. The first-order valence-corrected chi connectivity index (χ1v) is 5.84. The molecule has 0 saturated heterocycles. The number of hydrogen-bond donors (Lipinski definition) is 0. The summed E-state index contributed by atoms with van der Waals surface area (Å²) in [6.45, 7) is 7.58. The van der Waals surface area contributed by atoms with Crippen LogP contribution in [0.25, 0.3) is 0 Å². The number of ether oxygens (including phenoxy) is 1. The summed E-state index contributed by atoms with van der Waals surface area (Å²) in [5, 5.41) is 0. The van der Waals surface area contributed by atoms with Crippen LogP contribution in [0.5, 0.6) is 0 Å². The standard InChI is InChI=1S/C14H18O3/c1-4-7-10-8-9-12(14(16)17-6-3)13(15)11(10)5-2/h4-5,7,12H,2,6,8-9H2,1,3H3/b7-4-. The maximum absolute atomic E-state index is 12.1. The van der Waals surface area contributed by atoms with Gasteiger partial charge in [0.2, 0.25) is 0 Å². The predicted octanol–water partition coefficient (Wildman–Crippen LogP) is 2.59. The second-order valence-electron chi connectivity index (χ2n) is 3.85. The molecule has 1 atom stereocenters. The Morgan fingerprint density at radius 3 is 2.82 bits per heavy atom. The van der Waals surface area contributed by atoms with Crippen molar-refractivity contribution < 1.29 is 14.3 Å². The van der Waals surface area contributed by atoms with Crippen LogP contribution >= 0.6 is 0 Å². The maximum atomic E-state index is 12.1. The van der Waals surface area contributed by atoms with Gasteiger partial charge in [-0.3, -0.25) is 9.59 Å². The van der Waals surface area contributed by atoms with Gasteiger partial charge in [-0.15, -0.1) is 0 Å². The van der Waals surface area contributed by atoms with Crippen molar-refractivity contribution in [3.8, 4) is 0 Å². The summed E-state index contributed by atoms with van der Waals surface area (Å²) in [5.74, 6) is -1.24.